The molecular weight excluding hydrogens is 208 g/mol. The van der Waals surface area contributed by atoms with Gasteiger partial charge in [-0.3, -0.25) is 0 Å². The Morgan fingerprint density at radius 3 is 2.53 bits per heavy atom. The highest BCUT2D eigenvalue weighted by Gasteiger charge is 2.02. The smallest absolute Gasteiger partial charge is 0.143 e. The standard InChI is InChI=1S/C12H11ClN2/c1-9-7-11(15-12(8-13)14-9)10-5-3-2-4-6-10/h2-7H,8H2,1H3. The zero-order valence-electron chi connectivity index (χ0n) is 8.44. The molecule has 0 aliphatic carbocycles. The van der Waals surface area contributed by atoms with Gasteiger partial charge in [-0.2, -0.15) is 0 Å². The van der Waals surface area contributed by atoms with Crippen molar-refractivity contribution in [3.63, 3.8) is 0 Å². The molecule has 0 amide bonds. The van der Waals surface area contributed by atoms with Crippen molar-refractivity contribution < 1.29 is 0 Å². The van der Waals surface area contributed by atoms with Crippen LogP contribution in [0.5, 0.6) is 0 Å². The van der Waals surface area contributed by atoms with E-state index in [-0.39, 0.29) is 0 Å². The summed E-state index contributed by atoms with van der Waals surface area (Å²) < 4.78 is 0. The molecule has 0 bridgehead atoms. The summed E-state index contributed by atoms with van der Waals surface area (Å²) in [4.78, 5) is 8.61. The van der Waals surface area contributed by atoms with Crippen LogP contribution in [0.3, 0.4) is 0 Å². The van der Waals surface area contributed by atoms with Crippen LogP contribution in [0.1, 0.15) is 11.5 Å². The van der Waals surface area contributed by atoms with Crippen LogP contribution in [0.25, 0.3) is 11.3 Å². The van der Waals surface area contributed by atoms with Gasteiger partial charge in [-0.15, -0.1) is 11.6 Å². The maximum Gasteiger partial charge on any atom is 0.143 e. The number of hydrogen-bond donors (Lipinski definition) is 0. The average Bonchev–Trinajstić information content (AvgIpc) is 2.29. The molecule has 0 saturated carbocycles. The van der Waals surface area contributed by atoms with Gasteiger partial charge < -0.3 is 0 Å². The molecule has 0 aliphatic heterocycles. The second kappa shape index (κ2) is 4.41. The van der Waals surface area contributed by atoms with Crippen molar-refractivity contribution in [2.45, 2.75) is 12.8 Å². The Hall–Kier alpha value is -1.41. The molecule has 2 rings (SSSR count). The van der Waals surface area contributed by atoms with E-state index in [0.717, 1.165) is 17.0 Å². The van der Waals surface area contributed by atoms with Crippen molar-refractivity contribution in [2.75, 3.05) is 0 Å². The Morgan fingerprint density at radius 2 is 1.87 bits per heavy atom. The zero-order valence-corrected chi connectivity index (χ0v) is 9.20. The van der Waals surface area contributed by atoms with Crippen LogP contribution in [-0.2, 0) is 5.88 Å². The fourth-order valence-corrected chi connectivity index (χ4v) is 1.57. The molecule has 1 aromatic heterocycles. The Morgan fingerprint density at radius 1 is 1.13 bits per heavy atom. The molecule has 3 heteroatoms. The Bertz CT molecular complexity index is 454. The molecule has 0 saturated heterocycles. The van der Waals surface area contributed by atoms with Gasteiger partial charge in [0.2, 0.25) is 0 Å². The minimum absolute atomic E-state index is 0.349. The SMILES string of the molecule is Cc1cc(-c2ccccc2)nc(CCl)n1. The molecular formula is C12H11ClN2. The predicted octanol–water partition coefficient (Wildman–Crippen LogP) is 3.19. The molecule has 1 aromatic carbocycles. The first kappa shape index (κ1) is 10.1. The Balaban J connectivity index is 2.49. The van der Waals surface area contributed by atoms with E-state index < -0.39 is 0 Å². The Kier molecular flexibility index (Phi) is 2.97. The van der Waals surface area contributed by atoms with Gasteiger partial charge in [-0.05, 0) is 13.0 Å². The van der Waals surface area contributed by atoms with Crippen LogP contribution in [-0.4, -0.2) is 9.97 Å². The van der Waals surface area contributed by atoms with Gasteiger partial charge in [-0.1, -0.05) is 30.3 Å². The van der Waals surface area contributed by atoms with E-state index in [2.05, 4.69) is 9.97 Å². The van der Waals surface area contributed by atoms with Gasteiger partial charge in [-0.25, -0.2) is 9.97 Å². The van der Waals surface area contributed by atoms with E-state index in [1.54, 1.807) is 0 Å². The van der Waals surface area contributed by atoms with E-state index in [9.17, 15) is 0 Å². The highest BCUT2D eigenvalue weighted by atomic mass is 35.5. The predicted molar refractivity (Wildman–Crippen MR) is 61.8 cm³/mol. The fraction of sp³-hybridized carbons (Fsp3) is 0.167. The lowest BCUT2D eigenvalue weighted by Crippen LogP contribution is -1.96. The topological polar surface area (TPSA) is 25.8 Å². The first-order chi connectivity index (χ1) is 7.29. The molecule has 0 atom stereocenters. The molecule has 1 heterocycles. The van der Waals surface area contributed by atoms with Crippen LogP contribution >= 0.6 is 11.6 Å². The molecule has 0 fully saturated rings. The summed E-state index contributed by atoms with van der Waals surface area (Å²) in [5.41, 5.74) is 2.97. The van der Waals surface area contributed by atoms with E-state index in [1.807, 2.05) is 43.3 Å². The third-order valence-corrected chi connectivity index (χ3v) is 2.33. The molecule has 2 nitrogen and oxygen atoms in total. The number of rotatable bonds is 2. The summed E-state index contributed by atoms with van der Waals surface area (Å²) in [7, 11) is 0. The second-order valence-corrected chi connectivity index (χ2v) is 3.58. The second-order valence-electron chi connectivity index (χ2n) is 3.31. The van der Waals surface area contributed by atoms with Crippen LogP contribution in [0, 0.1) is 6.92 Å². The molecule has 0 N–H and O–H groups in total. The first-order valence-corrected chi connectivity index (χ1v) is 5.29. The highest BCUT2D eigenvalue weighted by molar-refractivity contribution is 6.16. The maximum absolute atomic E-state index is 5.73. The quantitative estimate of drug-likeness (QED) is 0.724. The minimum atomic E-state index is 0.349. The van der Waals surface area contributed by atoms with E-state index in [1.165, 1.54) is 0 Å². The van der Waals surface area contributed by atoms with Gasteiger partial charge >= 0.3 is 0 Å². The van der Waals surface area contributed by atoms with E-state index in [4.69, 9.17) is 11.6 Å². The van der Waals surface area contributed by atoms with Gasteiger partial charge in [0.1, 0.15) is 5.82 Å². The summed E-state index contributed by atoms with van der Waals surface area (Å²) in [5.74, 6) is 1.03. The maximum atomic E-state index is 5.73. The monoisotopic (exact) mass is 218 g/mol. The van der Waals surface area contributed by atoms with Crippen molar-refractivity contribution in [3.8, 4) is 11.3 Å². The van der Waals surface area contributed by atoms with Crippen LogP contribution in [0.4, 0.5) is 0 Å². The lowest BCUT2D eigenvalue weighted by molar-refractivity contribution is 0.997. The summed E-state index contributed by atoms with van der Waals surface area (Å²) >= 11 is 5.73. The molecule has 0 aliphatic rings. The van der Waals surface area contributed by atoms with Crippen molar-refractivity contribution in [2.24, 2.45) is 0 Å². The van der Waals surface area contributed by atoms with Crippen molar-refractivity contribution >= 4 is 11.6 Å². The van der Waals surface area contributed by atoms with Crippen molar-refractivity contribution in [1.82, 2.24) is 9.97 Å². The van der Waals surface area contributed by atoms with E-state index >= 15 is 0 Å². The van der Waals surface area contributed by atoms with Crippen molar-refractivity contribution in [1.29, 1.82) is 0 Å². The molecule has 0 unspecified atom stereocenters. The first-order valence-electron chi connectivity index (χ1n) is 4.75. The number of hydrogen-bond acceptors (Lipinski definition) is 2. The van der Waals surface area contributed by atoms with E-state index in [0.29, 0.717) is 11.7 Å². The summed E-state index contributed by atoms with van der Waals surface area (Å²) in [6.45, 7) is 1.95. The molecule has 15 heavy (non-hydrogen) atoms. The third-order valence-electron chi connectivity index (χ3n) is 2.09. The minimum Gasteiger partial charge on any atom is -0.237 e. The lowest BCUT2D eigenvalue weighted by atomic mass is 10.1. The highest BCUT2D eigenvalue weighted by Crippen LogP contribution is 2.17. The molecule has 2 aromatic rings. The van der Waals surface area contributed by atoms with Crippen LogP contribution in [0.2, 0.25) is 0 Å². The van der Waals surface area contributed by atoms with Crippen LogP contribution in [0.15, 0.2) is 36.4 Å². The number of alkyl halides is 1. The normalized spacial score (nSPS) is 10.3. The summed E-state index contributed by atoms with van der Waals surface area (Å²) in [6.07, 6.45) is 0. The van der Waals surface area contributed by atoms with Crippen LogP contribution < -0.4 is 0 Å². The summed E-state index contributed by atoms with van der Waals surface area (Å²) in [5, 5.41) is 0. The fourth-order valence-electron chi connectivity index (χ4n) is 1.45. The zero-order chi connectivity index (χ0) is 10.7. The molecule has 76 valence electrons. The number of benzene rings is 1. The number of aromatic nitrogens is 2. The largest absolute Gasteiger partial charge is 0.237 e. The van der Waals surface area contributed by atoms with Gasteiger partial charge in [0, 0.05) is 11.3 Å². The number of nitrogens with zero attached hydrogens (tertiary/aromatic N) is 2. The lowest BCUT2D eigenvalue weighted by Gasteiger charge is -2.03. The Labute approximate surface area is 94.0 Å². The average molecular weight is 219 g/mol. The number of aryl methyl sites for hydroxylation is 1. The van der Waals surface area contributed by atoms with Gasteiger partial charge in [0.05, 0.1) is 11.6 Å². The van der Waals surface area contributed by atoms with Crippen molar-refractivity contribution in [3.05, 3.63) is 47.9 Å². The van der Waals surface area contributed by atoms with Gasteiger partial charge in [0.25, 0.3) is 0 Å². The molecule has 0 radical (unpaired) electrons. The third kappa shape index (κ3) is 2.34. The number of halogens is 1. The molecule has 0 spiro atoms. The van der Waals surface area contributed by atoms with Gasteiger partial charge in [0.15, 0.2) is 0 Å². The summed E-state index contributed by atoms with van der Waals surface area (Å²) in [6, 6.07) is 12.0.